The Labute approximate surface area is 146 Å². The van der Waals surface area contributed by atoms with Gasteiger partial charge in [-0.3, -0.25) is 9.59 Å². The zero-order valence-corrected chi connectivity index (χ0v) is 14.9. The zero-order chi connectivity index (χ0) is 17.5. The molecule has 0 aromatic heterocycles. The largest absolute Gasteiger partial charge is 0.352 e. The van der Waals surface area contributed by atoms with E-state index in [0.29, 0.717) is 17.1 Å². The van der Waals surface area contributed by atoms with E-state index in [1.807, 2.05) is 13.0 Å². The molecule has 6 nitrogen and oxygen atoms in total. The van der Waals surface area contributed by atoms with E-state index in [2.05, 4.69) is 5.32 Å². The van der Waals surface area contributed by atoms with Gasteiger partial charge in [-0.05, 0) is 31.0 Å². The Kier molecular flexibility index (Phi) is 4.57. The number of carbonyl (C=O) groups excluding carboxylic acids is 2. The summed E-state index contributed by atoms with van der Waals surface area (Å²) in [5.74, 6) is -0.766. The van der Waals surface area contributed by atoms with Crippen LogP contribution in [0.2, 0.25) is 5.02 Å². The summed E-state index contributed by atoms with van der Waals surface area (Å²) in [5.41, 5.74) is 1.52. The van der Waals surface area contributed by atoms with Gasteiger partial charge < -0.3 is 10.2 Å². The highest BCUT2D eigenvalue weighted by atomic mass is 35.5. The van der Waals surface area contributed by atoms with Gasteiger partial charge in [0.2, 0.25) is 11.8 Å². The maximum Gasteiger partial charge on any atom is 0.227 e. The van der Waals surface area contributed by atoms with Gasteiger partial charge in [0, 0.05) is 29.7 Å². The first-order valence-electron chi connectivity index (χ1n) is 7.83. The van der Waals surface area contributed by atoms with Crippen LogP contribution in [0.5, 0.6) is 0 Å². The van der Waals surface area contributed by atoms with E-state index in [9.17, 15) is 18.0 Å². The van der Waals surface area contributed by atoms with Crippen LogP contribution in [-0.4, -0.2) is 44.3 Å². The van der Waals surface area contributed by atoms with Crippen LogP contribution < -0.4 is 10.2 Å². The monoisotopic (exact) mass is 370 g/mol. The van der Waals surface area contributed by atoms with Gasteiger partial charge in [0.15, 0.2) is 9.84 Å². The molecule has 24 heavy (non-hydrogen) atoms. The molecular formula is C16H19ClN2O4S. The molecule has 0 bridgehead atoms. The van der Waals surface area contributed by atoms with Crippen molar-refractivity contribution >= 4 is 38.9 Å². The highest BCUT2D eigenvalue weighted by Gasteiger charge is 2.38. The SMILES string of the molecule is Cc1c(Cl)cccc1N1CC(C(=O)NC2CCS(=O)(=O)C2)CC1=O. The molecule has 0 saturated carbocycles. The molecule has 2 aliphatic heterocycles. The molecule has 130 valence electrons. The second-order valence-corrected chi connectivity index (χ2v) is 9.03. The number of anilines is 1. The smallest absolute Gasteiger partial charge is 0.227 e. The highest BCUT2D eigenvalue weighted by Crippen LogP contribution is 2.31. The van der Waals surface area contributed by atoms with E-state index in [4.69, 9.17) is 11.6 Å². The molecule has 0 radical (unpaired) electrons. The van der Waals surface area contributed by atoms with Crippen molar-refractivity contribution in [2.45, 2.75) is 25.8 Å². The average Bonchev–Trinajstić information content (AvgIpc) is 3.05. The van der Waals surface area contributed by atoms with Gasteiger partial charge in [-0.1, -0.05) is 17.7 Å². The number of benzene rings is 1. The molecule has 0 spiro atoms. The van der Waals surface area contributed by atoms with Crippen molar-refractivity contribution in [3.8, 4) is 0 Å². The maximum atomic E-state index is 12.4. The molecule has 1 N–H and O–H groups in total. The number of hydrogen-bond acceptors (Lipinski definition) is 4. The van der Waals surface area contributed by atoms with Crippen molar-refractivity contribution in [3.63, 3.8) is 0 Å². The van der Waals surface area contributed by atoms with Crippen molar-refractivity contribution in [2.24, 2.45) is 5.92 Å². The van der Waals surface area contributed by atoms with E-state index in [0.717, 1.165) is 5.56 Å². The summed E-state index contributed by atoms with van der Waals surface area (Å²) in [6.07, 6.45) is 0.559. The molecule has 3 rings (SSSR count). The number of hydrogen-bond donors (Lipinski definition) is 1. The summed E-state index contributed by atoms with van der Waals surface area (Å²) >= 11 is 6.10. The van der Waals surface area contributed by atoms with Gasteiger partial charge in [0.1, 0.15) is 0 Å². The Bertz CT molecular complexity index is 793. The van der Waals surface area contributed by atoms with Crippen LogP contribution in [0, 0.1) is 12.8 Å². The van der Waals surface area contributed by atoms with E-state index >= 15 is 0 Å². The number of rotatable bonds is 3. The minimum Gasteiger partial charge on any atom is -0.352 e. The highest BCUT2D eigenvalue weighted by molar-refractivity contribution is 7.91. The lowest BCUT2D eigenvalue weighted by molar-refractivity contribution is -0.126. The van der Waals surface area contributed by atoms with E-state index in [1.54, 1.807) is 17.0 Å². The minimum absolute atomic E-state index is 0.0173. The van der Waals surface area contributed by atoms with Crippen molar-refractivity contribution < 1.29 is 18.0 Å². The lowest BCUT2D eigenvalue weighted by atomic mass is 10.1. The fourth-order valence-corrected chi connectivity index (χ4v) is 5.08. The summed E-state index contributed by atoms with van der Waals surface area (Å²) in [4.78, 5) is 26.3. The summed E-state index contributed by atoms with van der Waals surface area (Å²) in [5, 5.41) is 3.35. The van der Waals surface area contributed by atoms with E-state index in [1.165, 1.54) is 0 Å². The lowest BCUT2D eigenvalue weighted by Gasteiger charge is -2.20. The first-order chi connectivity index (χ1) is 11.3. The van der Waals surface area contributed by atoms with Gasteiger partial charge in [-0.2, -0.15) is 0 Å². The molecule has 2 atom stereocenters. The van der Waals surface area contributed by atoms with Gasteiger partial charge >= 0.3 is 0 Å². The van der Waals surface area contributed by atoms with E-state index in [-0.39, 0.29) is 42.3 Å². The van der Waals surface area contributed by atoms with Gasteiger partial charge in [-0.15, -0.1) is 0 Å². The van der Waals surface area contributed by atoms with Crippen LogP contribution in [0.3, 0.4) is 0 Å². The molecule has 2 fully saturated rings. The minimum atomic E-state index is -3.05. The third kappa shape index (κ3) is 3.42. The number of carbonyl (C=O) groups is 2. The van der Waals surface area contributed by atoms with Crippen molar-refractivity contribution in [3.05, 3.63) is 28.8 Å². The quantitative estimate of drug-likeness (QED) is 0.869. The van der Waals surface area contributed by atoms with Crippen LogP contribution in [0.15, 0.2) is 18.2 Å². The predicted molar refractivity (Wildman–Crippen MR) is 91.9 cm³/mol. The first kappa shape index (κ1) is 17.2. The van der Waals surface area contributed by atoms with Crippen LogP contribution in [0.1, 0.15) is 18.4 Å². The zero-order valence-electron chi connectivity index (χ0n) is 13.3. The lowest BCUT2D eigenvalue weighted by Crippen LogP contribution is -2.40. The summed E-state index contributed by atoms with van der Waals surface area (Å²) in [7, 11) is -3.05. The molecular weight excluding hydrogens is 352 g/mol. The Hall–Kier alpha value is -1.60. The summed E-state index contributed by atoms with van der Waals surface area (Å²) in [6, 6.07) is 4.99. The first-order valence-corrected chi connectivity index (χ1v) is 10.0. The standard InChI is InChI=1S/C16H19ClN2O4S/c1-10-13(17)3-2-4-14(10)19-8-11(7-15(19)20)16(21)18-12-5-6-24(22,23)9-12/h2-4,11-12H,5-9H2,1H3,(H,18,21). The number of nitrogens with zero attached hydrogens (tertiary/aromatic N) is 1. The topological polar surface area (TPSA) is 83.6 Å². The second-order valence-electron chi connectivity index (χ2n) is 6.40. The fraction of sp³-hybridized carbons (Fsp3) is 0.500. The number of sulfone groups is 1. The molecule has 8 heteroatoms. The number of halogens is 1. The average molecular weight is 371 g/mol. The van der Waals surface area contributed by atoms with Crippen LogP contribution >= 0.6 is 11.6 Å². The van der Waals surface area contributed by atoms with Gasteiger partial charge in [0.25, 0.3) is 0 Å². The maximum absolute atomic E-state index is 12.4. The van der Waals surface area contributed by atoms with E-state index < -0.39 is 15.8 Å². The summed E-state index contributed by atoms with van der Waals surface area (Å²) in [6.45, 7) is 2.12. The predicted octanol–water partition coefficient (Wildman–Crippen LogP) is 1.30. The van der Waals surface area contributed by atoms with Crippen molar-refractivity contribution in [2.75, 3.05) is 23.0 Å². The third-order valence-corrected chi connectivity index (χ3v) is 6.78. The van der Waals surface area contributed by atoms with Crippen LogP contribution in [0.25, 0.3) is 0 Å². The van der Waals surface area contributed by atoms with Gasteiger partial charge in [0.05, 0.1) is 17.4 Å². The number of amides is 2. The van der Waals surface area contributed by atoms with Crippen molar-refractivity contribution in [1.29, 1.82) is 0 Å². The molecule has 2 heterocycles. The Morgan fingerprint density at radius 2 is 2.12 bits per heavy atom. The van der Waals surface area contributed by atoms with Crippen LogP contribution in [0.4, 0.5) is 5.69 Å². The Morgan fingerprint density at radius 1 is 1.38 bits per heavy atom. The third-order valence-electron chi connectivity index (χ3n) is 4.60. The van der Waals surface area contributed by atoms with Crippen molar-refractivity contribution in [1.82, 2.24) is 5.32 Å². The molecule has 1 aromatic carbocycles. The molecule has 2 saturated heterocycles. The van der Waals surface area contributed by atoms with Gasteiger partial charge in [-0.25, -0.2) is 8.42 Å². The molecule has 1 aromatic rings. The summed E-state index contributed by atoms with van der Waals surface area (Å²) < 4.78 is 23.0. The molecule has 2 unspecified atom stereocenters. The molecule has 2 aliphatic rings. The Morgan fingerprint density at radius 3 is 2.79 bits per heavy atom. The fourth-order valence-electron chi connectivity index (χ4n) is 3.23. The molecule has 2 amide bonds. The number of nitrogens with one attached hydrogen (secondary N) is 1. The second kappa shape index (κ2) is 6.37. The Balaban J connectivity index is 1.68. The molecule has 0 aliphatic carbocycles. The normalized spacial score (nSPS) is 25.9. The van der Waals surface area contributed by atoms with Crippen LogP contribution in [-0.2, 0) is 19.4 Å².